The lowest BCUT2D eigenvalue weighted by molar-refractivity contribution is -0.137. The molecule has 21 heavy (non-hydrogen) atoms. The summed E-state index contributed by atoms with van der Waals surface area (Å²) in [5.41, 5.74) is 1.43. The van der Waals surface area contributed by atoms with Crippen LogP contribution in [0.15, 0.2) is 12.1 Å². The molecule has 0 spiro atoms. The van der Waals surface area contributed by atoms with Gasteiger partial charge in [0.1, 0.15) is 11.6 Å². The van der Waals surface area contributed by atoms with E-state index in [0.29, 0.717) is 5.92 Å². The molecule has 2 unspecified atom stereocenters. The third-order valence-electron chi connectivity index (χ3n) is 4.01. The van der Waals surface area contributed by atoms with Crippen molar-refractivity contribution in [1.82, 2.24) is 4.98 Å². The largest absolute Gasteiger partial charge is 0.416 e. The average molecular weight is 302 g/mol. The van der Waals surface area contributed by atoms with Crippen LogP contribution in [0.25, 0.3) is 0 Å². The molecule has 2 rings (SSSR count). The van der Waals surface area contributed by atoms with E-state index in [2.05, 4.69) is 22.7 Å². The Hall–Kier alpha value is -1.50. The van der Waals surface area contributed by atoms with Gasteiger partial charge >= 0.3 is 6.18 Å². The maximum Gasteiger partial charge on any atom is 0.416 e. The summed E-state index contributed by atoms with van der Waals surface area (Å²) in [4.78, 5) is 4.06. The standard InChI is InChI=1S/C14H21F3N4/c1-2-9-4-3-5-11(6-9)19-12-7-10(14(15,16)17)8-13(20-12)21-18/h7-9,11H,2-6,18H2,1H3,(H2,19,20,21). The number of nitrogens with one attached hydrogen (secondary N) is 2. The molecular weight excluding hydrogens is 281 g/mol. The fourth-order valence-corrected chi connectivity index (χ4v) is 2.84. The summed E-state index contributed by atoms with van der Waals surface area (Å²) < 4.78 is 38.6. The second-order valence-electron chi connectivity index (χ2n) is 5.55. The van der Waals surface area contributed by atoms with Crippen LogP contribution < -0.4 is 16.6 Å². The maximum atomic E-state index is 12.9. The zero-order valence-electron chi connectivity index (χ0n) is 12.0. The molecule has 1 aliphatic rings. The number of rotatable bonds is 4. The van der Waals surface area contributed by atoms with Gasteiger partial charge in [-0.05, 0) is 30.9 Å². The first kappa shape index (κ1) is 15.9. The summed E-state index contributed by atoms with van der Waals surface area (Å²) >= 11 is 0. The Morgan fingerprint density at radius 1 is 1.29 bits per heavy atom. The number of nitrogens with zero attached hydrogens (tertiary/aromatic N) is 1. The summed E-state index contributed by atoms with van der Waals surface area (Å²) in [6.07, 6.45) is 0.907. The van der Waals surface area contributed by atoms with Gasteiger partial charge in [0, 0.05) is 6.04 Å². The van der Waals surface area contributed by atoms with E-state index in [-0.39, 0.29) is 17.7 Å². The number of nitrogen functional groups attached to an aromatic ring is 1. The molecule has 0 aliphatic heterocycles. The van der Waals surface area contributed by atoms with Gasteiger partial charge in [0.2, 0.25) is 0 Å². The number of alkyl halides is 3. The number of nitrogens with two attached hydrogens (primary N) is 1. The van der Waals surface area contributed by atoms with Gasteiger partial charge in [0.15, 0.2) is 0 Å². The molecular formula is C14H21F3N4. The summed E-state index contributed by atoms with van der Waals surface area (Å²) in [6, 6.07) is 2.11. The molecule has 0 saturated heterocycles. The van der Waals surface area contributed by atoms with Crippen molar-refractivity contribution in [2.24, 2.45) is 11.8 Å². The second kappa shape index (κ2) is 6.51. The molecule has 1 saturated carbocycles. The van der Waals surface area contributed by atoms with Crippen molar-refractivity contribution < 1.29 is 13.2 Å². The number of halogens is 3. The Morgan fingerprint density at radius 2 is 2.00 bits per heavy atom. The molecule has 1 fully saturated rings. The van der Waals surface area contributed by atoms with Crippen LogP contribution in [0.1, 0.15) is 44.6 Å². The van der Waals surface area contributed by atoms with Crippen LogP contribution in [0.5, 0.6) is 0 Å². The minimum Gasteiger partial charge on any atom is -0.367 e. The van der Waals surface area contributed by atoms with Crippen LogP contribution in [0, 0.1) is 5.92 Å². The molecule has 1 aliphatic carbocycles. The Bertz CT molecular complexity index is 476. The smallest absolute Gasteiger partial charge is 0.367 e. The first-order chi connectivity index (χ1) is 9.92. The lowest BCUT2D eigenvalue weighted by Crippen LogP contribution is -2.28. The highest BCUT2D eigenvalue weighted by Crippen LogP contribution is 2.33. The second-order valence-corrected chi connectivity index (χ2v) is 5.55. The van der Waals surface area contributed by atoms with Gasteiger partial charge in [-0.25, -0.2) is 10.8 Å². The summed E-state index contributed by atoms with van der Waals surface area (Å²) in [7, 11) is 0. The highest BCUT2D eigenvalue weighted by Gasteiger charge is 2.32. The third-order valence-corrected chi connectivity index (χ3v) is 4.01. The normalized spacial score (nSPS) is 22.9. The lowest BCUT2D eigenvalue weighted by atomic mass is 9.84. The van der Waals surface area contributed by atoms with E-state index in [9.17, 15) is 13.2 Å². The summed E-state index contributed by atoms with van der Waals surface area (Å²) in [5.74, 6) is 6.06. The number of aromatic nitrogens is 1. The van der Waals surface area contributed by atoms with Crippen molar-refractivity contribution >= 4 is 11.6 Å². The first-order valence-corrected chi connectivity index (χ1v) is 7.24. The third kappa shape index (κ3) is 4.23. The highest BCUT2D eigenvalue weighted by atomic mass is 19.4. The minimum absolute atomic E-state index is 0.00942. The van der Waals surface area contributed by atoms with Gasteiger partial charge in [-0.3, -0.25) is 0 Å². The minimum atomic E-state index is -4.41. The molecule has 0 aromatic carbocycles. The van der Waals surface area contributed by atoms with Crippen molar-refractivity contribution in [2.45, 2.75) is 51.2 Å². The molecule has 1 aromatic rings. The number of anilines is 2. The number of hydrazine groups is 1. The Balaban J connectivity index is 2.15. The average Bonchev–Trinajstić information content (AvgIpc) is 2.46. The van der Waals surface area contributed by atoms with Gasteiger partial charge < -0.3 is 10.7 Å². The Labute approximate surface area is 122 Å². The molecule has 0 amide bonds. The monoisotopic (exact) mass is 302 g/mol. The number of pyridine rings is 1. The number of hydrogen-bond acceptors (Lipinski definition) is 4. The quantitative estimate of drug-likeness (QED) is 0.585. The molecule has 4 N–H and O–H groups in total. The molecule has 118 valence electrons. The Morgan fingerprint density at radius 3 is 2.62 bits per heavy atom. The van der Waals surface area contributed by atoms with Crippen LogP contribution in [-0.2, 0) is 6.18 Å². The van der Waals surface area contributed by atoms with E-state index >= 15 is 0 Å². The van der Waals surface area contributed by atoms with Gasteiger partial charge in [0.05, 0.1) is 5.56 Å². The fourth-order valence-electron chi connectivity index (χ4n) is 2.84. The van der Waals surface area contributed by atoms with Crippen LogP contribution >= 0.6 is 0 Å². The van der Waals surface area contributed by atoms with Crippen molar-refractivity contribution in [3.63, 3.8) is 0 Å². The van der Waals surface area contributed by atoms with Crippen LogP contribution in [0.3, 0.4) is 0 Å². The van der Waals surface area contributed by atoms with Gasteiger partial charge in [-0.1, -0.05) is 26.2 Å². The molecule has 1 heterocycles. The zero-order valence-corrected chi connectivity index (χ0v) is 12.0. The highest BCUT2D eigenvalue weighted by molar-refractivity contribution is 5.49. The lowest BCUT2D eigenvalue weighted by Gasteiger charge is -2.29. The molecule has 0 bridgehead atoms. The fraction of sp³-hybridized carbons (Fsp3) is 0.643. The van der Waals surface area contributed by atoms with Gasteiger partial charge in [-0.2, -0.15) is 13.2 Å². The summed E-state index contributed by atoms with van der Waals surface area (Å²) in [5, 5.41) is 3.13. The molecule has 2 atom stereocenters. The topological polar surface area (TPSA) is 63.0 Å². The van der Waals surface area contributed by atoms with Crippen LogP contribution in [-0.4, -0.2) is 11.0 Å². The first-order valence-electron chi connectivity index (χ1n) is 7.24. The van der Waals surface area contributed by atoms with Gasteiger partial charge in [-0.15, -0.1) is 0 Å². The molecule has 7 heteroatoms. The van der Waals surface area contributed by atoms with Crippen LogP contribution in [0.4, 0.5) is 24.8 Å². The summed E-state index contributed by atoms with van der Waals surface area (Å²) in [6.45, 7) is 2.14. The van der Waals surface area contributed by atoms with E-state index in [4.69, 9.17) is 5.84 Å². The Kier molecular flexibility index (Phi) is 4.92. The number of hydrogen-bond donors (Lipinski definition) is 3. The van der Waals surface area contributed by atoms with Crippen molar-refractivity contribution in [2.75, 3.05) is 10.7 Å². The van der Waals surface area contributed by atoms with Crippen molar-refractivity contribution in [3.8, 4) is 0 Å². The van der Waals surface area contributed by atoms with Crippen molar-refractivity contribution in [1.29, 1.82) is 0 Å². The van der Waals surface area contributed by atoms with E-state index in [1.807, 2.05) is 0 Å². The van der Waals surface area contributed by atoms with E-state index in [1.54, 1.807) is 0 Å². The predicted octanol–water partition coefficient (Wildman–Crippen LogP) is 3.77. The SMILES string of the molecule is CCC1CCCC(Nc2cc(C(F)(F)F)cc(NN)n2)C1. The van der Waals surface area contributed by atoms with E-state index < -0.39 is 11.7 Å². The maximum absolute atomic E-state index is 12.9. The van der Waals surface area contributed by atoms with E-state index in [0.717, 1.165) is 37.8 Å². The van der Waals surface area contributed by atoms with E-state index in [1.165, 1.54) is 6.42 Å². The molecule has 1 aromatic heterocycles. The van der Waals surface area contributed by atoms with Gasteiger partial charge in [0.25, 0.3) is 0 Å². The zero-order chi connectivity index (χ0) is 15.5. The predicted molar refractivity (Wildman–Crippen MR) is 76.7 cm³/mol. The molecule has 0 radical (unpaired) electrons. The van der Waals surface area contributed by atoms with Crippen molar-refractivity contribution in [3.05, 3.63) is 17.7 Å². The molecule has 4 nitrogen and oxygen atoms in total. The van der Waals surface area contributed by atoms with Crippen LogP contribution in [0.2, 0.25) is 0 Å².